The highest BCUT2D eigenvalue weighted by Gasteiger charge is 2.36. The van der Waals surface area contributed by atoms with Crippen LogP contribution < -0.4 is 5.32 Å². The van der Waals surface area contributed by atoms with Crippen LogP contribution in [0.15, 0.2) is 30.3 Å². The third-order valence-electron chi connectivity index (χ3n) is 6.30. The molecule has 1 N–H and O–H groups in total. The Balaban J connectivity index is 1.69. The maximum atomic E-state index is 12.6. The summed E-state index contributed by atoms with van der Waals surface area (Å²) < 4.78 is 0. The molecular formula is C23H34N2OS. The number of carbonyl (C=O) groups is 1. The van der Waals surface area contributed by atoms with Crippen LogP contribution in [-0.2, 0) is 0 Å². The number of nitrogens with one attached hydrogen (secondary N) is 1. The molecule has 4 heteroatoms. The van der Waals surface area contributed by atoms with Crippen molar-refractivity contribution >= 4 is 23.1 Å². The zero-order chi connectivity index (χ0) is 19.1. The standard InChI is InChI=1S/C23H34N2OS/c1-23(17-19-11-5-2-6-12-19,22(27)25-15-9-4-10-16-25)18-24-21(26)20-13-7-3-8-14-20/h3,7-8,13-14,19H,2,4-6,9-12,15-18H2,1H3,(H,24,26)/t23-/m0/s1. The molecule has 27 heavy (non-hydrogen) atoms. The predicted octanol–water partition coefficient (Wildman–Crippen LogP) is 5.21. The van der Waals surface area contributed by atoms with Crippen LogP contribution in [-0.4, -0.2) is 35.4 Å². The topological polar surface area (TPSA) is 32.3 Å². The van der Waals surface area contributed by atoms with Crippen LogP contribution >= 0.6 is 12.2 Å². The van der Waals surface area contributed by atoms with E-state index in [1.807, 2.05) is 30.3 Å². The molecule has 3 rings (SSSR count). The summed E-state index contributed by atoms with van der Waals surface area (Å²) in [4.78, 5) is 16.1. The Labute approximate surface area is 169 Å². The molecule has 1 aromatic carbocycles. The van der Waals surface area contributed by atoms with Gasteiger partial charge in [-0.05, 0) is 43.7 Å². The maximum Gasteiger partial charge on any atom is 0.251 e. The Hall–Kier alpha value is -1.42. The molecule has 1 aromatic rings. The van der Waals surface area contributed by atoms with Gasteiger partial charge in [0.15, 0.2) is 0 Å². The molecule has 148 valence electrons. The van der Waals surface area contributed by atoms with Gasteiger partial charge in [0.25, 0.3) is 5.91 Å². The van der Waals surface area contributed by atoms with Gasteiger partial charge in [-0.25, -0.2) is 0 Å². The highest BCUT2D eigenvalue weighted by Crippen LogP contribution is 2.37. The fraction of sp³-hybridized carbons (Fsp3) is 0.652. The first-order valence-corrected chi connectivity index (χ1v) is 11.1. The van der Waals surface area contributed by atoms with E-state index in [2.05, 4.69) is 17.1 Å². The summed E-state index contributed by atoms with van der Waals surface area (Å²) in [6.07, 6.45) is 11.5. The number of thiocarbonyl (C=S) groups is 1. The molecule has 0 unspecified atom stereocenters. The van der Waals surface area contributed by atoms with E-state index >= 15 is 0 Å². The number of benzene rings is 1. The molecule has 1 aliphatic heterocycles. The van der Waals surface area contributed by atoms with E-state index in [0.29, 0.717) is 6.54 Å². The van der Waals surface area contributed by atoms with Gasteiger partial charge in [-0.15, -0.1) is 0 Å². The molecule has 3 nitrogen and oxygen atoms in total. The number of hydrogen-bond acceptors (Lipinski definition) is 2. The average molecular weight is 387 g/mol. The molecular weight excluding hydrogens is 352 g/mol. The second-order valence-electron chi connectivity index (χ2n) is 8.67. The van der Waals surface area contributed by atoms with Crippen molar-refractivity contribution in [2.45, 2.75) is 64.7 Å². The van der Waals surface area contributed by atoms with Crippen molar-refractivity contribution in [1.29, 1.82) is 0 Å². The second kappa shape index (κ2) is 9.68. The van der Waals surface area contributed by atoms with Gasteiger partial charge in [-0.2, -0.15) is 0 Å². The number of likely N-dealkylation sites (tertiary alicyclic amines) is 1. The van der Waals surface area contributed by atoms with Crippen LogP contribution in [0.4, 0.5) is 0 Å². The van der Waals surface area contributed by atoms with Crippen LogP contribution in [0.2, 0.25) is 0 Å². The van der Waals surface area contributed by atoms with E-state index in [4.69, 9.17) is 12.2 Å². The Bertz CT molecular complexity index is 621. The molecule has 0 aromatic heterocycles. The van der Waals surface area contributed by atoms with Crippen molar-refractivity contribution in [2.24, 2.45) is 11.3 Å². The zero-order valence-electron chi connectivity index (χ0n) is 16.7. The largest absolute Gasteiger partial charge is 0.366 e. The first kappa shape index (κ1) is 20.3. The van der Waals surface area contributed by atoms with Gasteiger partial charge >= 0.3 is 0 Å². The fourth-order valence-corrected chi connectivity index (χ4v) is 5.05. The molecule has 1 amide bonds. The minimum atomic E-state index is -0.140. The van der Waals surface area contributed by atoms with Crippen molar-refractivity contribution in [1.82, 2.24) is 10.2 Å². The van der Waals surface area contributed by atoms with E-state index in [1.165, 1.54) is 51.4 Å². The molecule has 0 radical (unpaired) electrons. The van der Waals surface area contributed by atoms with Crippen LogP contribution in [0.1, 0.15) is 75.1 Å². The van der Waals surface area contributed by atoms with Crippen LogP contribution in [0.5, 0.6) is 0 Å². The van der Waals surface area contributed by atoms with Gasteiger partial charge in [-0.1, -0.05) is 69.4 Å². The van der Waals surface area contributed by atoms with Gasteiger partial charge in [0, 0.05) is 30.6 Å². The minimum absolute atomic E-state index is 0.00640. The average Bonchev–Trinajstić information content (AvgIpc) is 2.73. The lowest BCUT2D eigenvalue weighted by molar-refractivity contribution is 0.0936. The van der Waals surface area contributed by atoms with Crippen molar-refractivity contribution in [2.75, 3.05) is 19.6 Å². The SMILES string of the molecule is C[C@@](CNC(=O)c1ccccc1)(CC1CCCCC1)C(=S)N1CCCCC1. The summed E-state index contributed by atoms with van der Waals surface area (Å²) in [7, 11) is 0. The van der Waals surface area contributed by atoms with Gasteiger partial charge in [-0.3, -0.25) is 4.79 Å². The molecule has 0 bridgehead atoms. The quantitative estimate of drug-likeness (QED) is 0.682. The third-order valence-corrected chi connectivity index (χ3v) is 7.05. The maximum absolute atomic E-state index is 12.6. The van der Waals surface area contributed by atoms with Crippen molar-refractivity contribution < 1.29 is 4.79 Å². The highest BCUT2D eigenvalue weighted by atomic mass is 32.1. The van der Waals surface area contributed by atoms with Gasteiger partial charge in [0.1, 0.15) is 0 Å². The first-order chi connectivity index (χ1) is 13.1. The Morgan fingerprint density at radius 3 is 2.37 bits per heavy atom. The molecule has 0 spiro atoms. The number of carbonyl (C=O) groups excluding carboxylic acids is 1. The van der Waals surface area contributed by atoms with E-state index in [9.17, 15) is 4.79 Å². The van der Waals surface area contributed by atoms with Gasteiger partial charge < -0.3 is 10.2 Å². The van der Waals surface area contributed by atoms with Crippen molar-refractivity contribution in [3.8, 4) is 0 Å². The monoisotopic (exact) mass is 386 g/mol. The molecule has 2 aliphatic rings. The second-order valence-corrected chi connectivity index (χ2v) is 9.06. The van der Waals surface area contributed by atoms with Crippen molar-refractivity contribution in [3.63, 3.8) is 0 Å². The predicted molar refractivity (Wildman–Crippen MR) is 116 cm³/mol. The van der Waals surface area contributed by atoms with Crippen LogP contribution in [0.3, 0.4) is 0 Å². The van der Waals surface area contributed by atoms with E-state index in [0.717, 1.165) is 36.0 Å². The van der Waals surface area contributed by atoms with E-state index in [-0.39, 0.29) is 11.3 Å². The molecule has 1 aliphatic carbocycles. The van der Waals surface area contributed by atoms with E-state index in [1.54, 1.807) is 0 Å². The van der Waals surface area contributed by atoms with Crippen LogP contribution in [0, 0.1) is 11.3 Å². The fourth-order valence-electron chi connectivity index (χ4n) is 4.71. The third kappa shape index (κ3) is 5.54. The van der Waals surface area contributed by atoms with E-state index < -0.39 is 0 Å². The number of amides is 1. The number of nitrogens with zero attached hydrogens (tertiary/aromatic N) is 1. The summed E-state index contributed by atoms with van der Waals surface area (Å²) in [5.41, 5.74) is 0.584. The molecule has 1 saturated carbocycles. The first-order valence-electron chi connectivity index (χ1n) is 10.7. The van der Waals surface area contributed by atoms with Crippen molar-refractivity contribution in [3.05, 3.63) is 35.9 Å². The van der Waals surface area contributed by atoms with Gasteiger partial charge in [0.2, 0.25) is 0 Å². The normalized spacial score (nSPS) is 20.7. The summed E-state index contributed by atoms with van der Waals surface area (Å²) in [5, 5.41) is 3.20. The summed E-state index contributed by atoms with van der Waals surface area (Å²) in [6.45, 7) is 5.06. The Morgan fingerprint density at radius 2 is 1.70 bits per heavy atom. The Morgan fingerprint density at radius 1 is 1.07 bits per heavy atom. The smallest absolute Gasteiger partial charge is 0.251 e. The summed E-state index contributed by atoms with van der Waals surface area (Å²) in [6, 6.07) is 9.51. The molecule has 2 fully saturated rings. The zero-order valence-corrected chi connectivity index (χ0v) is 17.5. The van der Waals surface area contributed by atoms with Gasteiger partial charge in [0.05, 0.1) is 4.99 Å². The van der Waals surface area contributed by atoms with Crippen LogP contribution in [0.25, 0.3) is 0 Å². The summed E-state index contributed by atoms with van der Waals surface area (Å²) >= 11 is 6.02. The molecule has 1 saturated heterocycles. The Kier molecular flexibility index (Phi) is 7.28. The number of hydrogen-bond donors (Lipinski definition) is 1. The lowest BCUT2D eigenvalue weighted by atomic mass is 9.74. The number of piperidine rings is 1. The molecule has 1 heterocycles. The summed E-state index contributed by atoms with van der Waals surface area (Å²) in [5.74, 6) is 0.743. The highest BCUT2D eigenvalue weighted by molar-refractivity contribution is 7.80. The lowest BCUT2D eigenvalue weighted by Gasteiger charge is -2.41. The molecule has 1 atom stereocenters. The number of rotatable bonds is 6. The lowest BCUT2D eigenvalue weighted by Crippen LogP contribution is -2.49. The minimum Gasteiger partial charge on any atom is -0.366 e.